The highest BCUT2D eigenvalue weighted by Gasteiger charge is 2.24. The maximum absolute atomic E-state index is 12.8. The number of hydrogen-bond donors (Lipinski definition) is 2. The van der Waals surface area contributed by atoms with Crippen LogP contribution in [0.5, 0.6) is 23.5 Å². The zero-order valence-corrected chi connectivity index (χ0v) is 15.7. The van der Waals surface area contributed by atoms with Gasteiger partial charge in [-0.1, -0.05) is 12.1 Å². The fourth-order valence-corrected chi connectivity index (χ4v) is 2.79. The van der Waals surface area contributed by atoms with Crippen molar-refractivity contribution in [3.8, 4) is 23.5 Å². The fourth-order valence-electron chi connectivity index (χ4n) is 2.79. The van der Waals surface area contributed by atoms with E-state index in [9.17, 15) is 9.59 Å². The zero-order chi connectivity index (χ0) is 19.9. The summed E-state index contributed by atoms with van der Waals surface area (Å²) in [6.45, 7) is 0.625. The molecule has 9 heteroatoms. The van der Waals surface area contributed by atoms with E-state index in [1.54, 1.807) is 24.3 Å². The molecule has 3 rings (SSSR count). The van der Waals surface area contributed by atoms with Crippen LogP contribution in [0.1, 0.15) is 29.6 Å². The topological polar surface area (TPSA) is 112 Å². The molecule has 2 N–H and O–H groups in total. The summed E-state index contributed by atoms with van der Waals surface area (Å²) in [6.07, 6.45) is 2.35. The normalized spacial score (nSPS) is 16.5. The van der Waals surface area contributed by atoms with E-state index in [1.807, 2.05) is 0 Å². The summed E-state index contributed by atoms with van der Waals surface area (Å²) in [5.74, 6) is 0.194. The number of carbonyl (C=O) groups is 2. The lowest BCUT2D eigenvalue weighted by Crippen LogP contribution is -2.45. The first-order valence-electron chi connectivity index (χ1n) is 8.93. The molecule has 0 radical (unpaired) electrons. The molecule has 2 aromatic rings. The lowest BCUT2D eigenvalue weighted by Gasteiger charge is -2.16. The van der Waals surface area contributed by atoms with E-state index in [2.05, 4.69) is 20.6 Å². The molecule has 28 heavy (non-hydrogen) atoms. The second-order valence-electron chi connectivity index (χ2n) is 6.15. The van der Waals surface area contributed by atoms with Crippen LogP contribution in [0.3, 0.4) is 0 Å². The molecule has 2 heterocycles. The van der Waals surface area contributed by atoms with E-state index in [0.29, 0.717) is 13.0 Å². The van der Waals surface area contributed by atoms with E-state index in [0.717, 1.165) is 12.8 Å². The minimum Gasteiger partial charge on any atom is -0.481 e. The van der Waals surface area contributed by atoms with Crippen molar-refractivity contribution in [3.05, 3.63) is 35.9 Å². The number of rotatable bonds is 6. The van der Waals surface area contributed by atoms with Gasteiger partial charge in [-0.25, -0.2) is 0 Å². The minimum absolute atomic E-state index is 0.0244. The number of methoxy groups -OCH3 is 2. The van der Waals surface area contributed by atoms with Crippen LogP contribution in [-0.2, 0) is 4.79 Å². The summed E-state index contributed by atoms with van der Waals surface area (Å²) in [6, 6.07) is 7.58. The molecular formula is C19H22N4O5. The maximum atomic E-state index is 12.8. The number of benzene rings is 1. The Morgan fingerprint density at radius 2 is 1.86 bits per heavy atom. The molecular weight excluding hydrogens is 364 g/mol. The Morgan fingerprint density at radius 3 is 2.57 bits per heavy atom. The lowest BCUT2D eigenvalue weighted by molar-refractivity contribution is -0.122. The van der Waals surface area contributed by atoms with Gasteiger partial charge in [0.15, 0.2) is 0 Å². The highest BCUT2D eigenvalue weighted by atomic mass is 16.5. The molecule has 0 bridgehead atoms. The zero-order valence-electron chi connectivity index (χ0n) is 15.7. The number of ether oxygens (including phenoxy) is 3. The molecule has 9 nitrogen and oxygen atoms in total. The van der Waals surface area contributed by atoms with Crippen LogP contribution in [0.25, 0.3) is 0 Å². The second-order valence-corrected chi connectivity index (χ2v) is 6.15. The number of aromatic nitrogens is 2. The van der Waals surface area contributed by atoms with Crippen molar-refractivity contribution in [2.24, 2.45) is 0 Å². The Balaban J connectivity index is 1.81. The summed E-state index contributed by atoms with van der Waals surface area (Å²) in [5.41, 5.74) is 0.268. The van der Waals surface area contributed by atoms with Gasteiger partial charge >= 0.3 is 6.01 Å². The van der Waals surface area contributed by atoms with E-state index >= 15 is 0 Å². The molecule has 1 saturated heterocycles. The second kappa shape index (κ2) is 9.03. The van der Waals surface area contributed by atoms with Crippen LogP contribution in [-0.4, -0.2) is 48.6 Å². The molecule has 1 aliphatic heterocycles. The van der Waals surface area contributed by atoms with Crippen molar-refractivity contribution < 1.29 is 23.8 Å². The van der Waals surface area contributed by atoms with Gasteiger partial charge in [0.25, 0.3) is 5.91 Å². The van der Waals surface area contributed by atoms with Crippen molar-refractivity contribution in [2.75, 3.05) is 20.8 Å². The molecule has 0 saturated carbocycles. The van der Waals surface area contributed by atoms with Gasteiger partial charge in [-0.3, -0.25) is 9.59 Å². The highest BCUT2D eigenvalue weighted by molar-refractivity contribution is 5.99. The van der Waals surface area contributed by atoms with Gasteiger partial charge in [-0.15, -0.1) is 0 Å². The van der Waals surface area contributed by atoms with Crippen LogP contribution in [0.4, 0.5) is 0 Å². The Kier molecular flexibility index (Phi) is 6.25. The molecule has 1 atom stereocenters. The Hall–Kier alpha value is -3.36. The maximum Gasteiger partial charge on any atom is 0.328 e. The molecule has 1 aliphatic rings. The van der Waals surface area contributed by atoms with E-state index in [1.165, 1.54) is 20.3 Å². The standard InChI is InChI=1S/C19H22N4O5/c1-26-15-11-16(27-2)23-19(22-15)28-14-9-4-3-7-12(14)17(24)21-13-8-5-6-10-20-18(13)25/h3-4,7,9,11,13H,5-6,8,10H2,1-2H3,(H,20,25)(H,21,24). The number of nitrogens with one attached hydrogen (secondary N) is 2. The summed E-state index contributed by atoms with van der Waals surface area (Å²) in [5, 5.41) is 5.57. The van der Waals surface area contributed by atoms with Crippen LogP contribution >= 0.6 is 0 Å². The van der Waals surface area contributed by atoms with Crippen LogP contribution in [0.15, 0.2) is 30.3 Å². The van der Waals surface area contributed by atoms with Gasteiger partial charge in [-0.2, -0.15) is 9.97 Å². The number of nitrogens with zero attached hydrogens (tertiary/aromatic N) is 2. The predicted molar refractivity (Wildman–Crippen MR) is 99.8 cm³/mol. The van der Waals surface area contributed by atoms with Crippen molar-refractivity contribution >= 4 is 11.8 Å². The van der Waals surface area contributed by atoms with Gasteiger partial charge in [0.05, 0.1) is 25.8 Å². The van der Waals surface area contributed by atoms with Gasteiger partial charge < -0.3 is 24.8 Å². The minimum atomic E-state index is -0.573. The van der Waals surface area contributed by atoms with Gasteiger partial charge in [0, 0.05) is 6.54 Å². The van der Waals surface area contributed by atoms with Crippen molar-refractivity contribution in [1.29, 1.82) is 0 Å². The SMILES string of the molecule is COc1cc(OC)nc(Oc2ccccc2C(=O)NC2CCCCNC2=O)n1. The number of hydrogen-bond acceptors (Lipinski definition) is 7. The van der Waals surface area contributed by atoms with Crippen molar-refractivity contribution in [2.45, 2.75) is 25.3 Å². The van der Waals surface area contributed by atoms with Crippen LogP contribution in [0, 0.1) is 0 Å². The molecule has 1 fully saturated rings. The first-order valence-corrected chi connectivity index (χ1v) is 8.93. The van der Waals surface area contributed by atoms with Gasteiger partial charge in [0.1, 0.15) is 11.8 Å². The third-order valence-electron chi connectivity index (χ3n) is 4.25. The lowest BCUT2D eigenvalue weighted by atomic mass is 10.1. The van der Waals surface area contributed by atoms with Crippen LogP contribution in [0.2, 0.25) is 0 Å². The van der Waals surface area contributed by atoms with E-state index in [4.69, 9.17) is 14.2 Å². The number of amides is 2. The summed E-state index contributed by atoms with van der Waals surface area (Å²) in [7, 11) is 2.93. The summed E-state index contributed by atoms with van der Waals surface area (Å²) < 4.78 is 15.9. The van der Waals surface area contributed by atoms with Gasteiger partial charge in [-0.05, 0) is 31.4 Å². The molecule has 1 aromatic heterocycles. The van der Waals surface area contributed by atoms with Gasteiger partial charge in [0.2, 0.25) is 17.7 Å². The molecule has 1 aromatic carbocycles. The highest BCUT2D eigenvalue weighted by Crippen LogP contribution is 2.26. The molecule has 1 unspecified atom stereocenters. The Labute approximate surface area is 162 Å². The largest absolute Gasteiger partial charge is 0.481 e. The molecule has 0 aliphatic carbocycles. The Bertz CT molecular complexity index is 836. The average Bonchev–Trinajstić information content (AvgIpc) is 2.92. The molecule has 2 amide bonds. The molecule has 0 spiro atoms. The summed E-state index contributed by atoms with van der Waals surface area (Å²) >= 11 is 0. The monoisotopic (exact) mass is 386 g/mol. The molecule has 148 valence electrons. The third-order valence-corrected chi connectivity index (χ3v) is 4.25. The number of carbonyl (C=O) groups excluding carboxylic acids is 2. The average molecular weight is 386 g/mol. The first-order chi connectivity index (χ1) is 13.6. The van der Waals surface area contributed by atoms with E-state index in [-0.39, 0.29) is 35.0 Å². The van der Waals surface area contributed by atoms with E-state index < -0.39 is 11.9 Å². The third kappa shape index (κ3) is 4.67. The Morgan fingerprint density at radius 1 is 1.14 bits per heavy atom. The quantitative estimate of drug-likeness (QED) is 0.777. The van der Waals surface area contributed by atoms with Crippen molar-refractivity contribution in [3.63, 3.8) is 0 Å². The summed E-state index contributed by atoms with van der Waals surface area (Å²) in [4.78, 5) is 33.1. The fraction of sp³-hybridized carbons (Fsp3) is 0.368. The number of para-hydroxylation sites is 1. The first kappa shape index (κ1) is 19.4. The predicted octanol–water partition coefficient (Wildman–Crippen LogP) is 1.68. The smallest absolute Gasteiger partial charge is 0.328 e. The van der Waals surface area contributed by atoms with Crippen LogP contribution < -0.4 is 24.8 Å². The van der Waals surface area contributed by atoms with Crippen molar-refractivity contribution in [1.82, 2.24) is 20.6 Å².